The van der Waals surface area contributed by atoms with Crippen molar-refractivity contribution in [3.63, 3.8) is 0 Å². The molecular weight excluding hydrogens is 329 g/mol. The van der Waals surface area contributed by atoms with E-state index >= 15 is 0 Å². The second-order valence-corrected chi connectivity index (χ2v) is 5.74. The molecule has 2 aliphatic rings. The van der Waals surface area contributed by atoms with Crippen molar-refractivity contribution in [3.8, 4) is 0 Å². The third kappa shape index (κ3) is 2.15. The molecule has 1 atom stereocenters. The van der Waals surface area contributed by atoms with Gasteiger partial charge in [0.25, 0.3) is 5.91 Å². The molecular formula is C13H13BrFN3O2. The maximum atomic E-state index is 14.0. The van der Waals surface area contributed by atoms with E-state index in [9.17, 15) is 14.0 Å². The van der Waals surface area contributed by atoms with Crippen molar-refractivity contribution in [2.45, 2.75) is 6.04 Å². The van der Waals surface area contributed by atoms with Gasteiger partial charge in [0.15, 0.2) is 0 Å². The van der Waals surface area contributed by atoms with Gasteiger partial charge in [-0.05, 0) is 28.1 Å². The summed E-state index contributed by atoms with van der Waals surface area (Å²) in [7, 11) is 0. The van der Waals surface area contributed by atoms with Gasteiger partial charge in [0.1, 0.15) is 5.82 Å². The van der Waals surface area contributed by atoms with E-state index in [0.717, 1.165) is 0 Å². The maximum Gasteiger partial charge on any atom is 0.317 e. The number of halogens is 2. The van der Waals surface area contributed by atoms with Crippen LogP contribution in [0.1, 0.15) is 10.4 Å². The number of carbonyl (C=O) groups excluding carboxylic acids is 2. The van der Waals surface area contributed by atoms with Crippen LogP contribution in [-0.2, 0) is 0 Å². The van der Waals surface area contributed by atoms with Gasteiger partial charge in [0.2, 0.25) is 0 Å². The predicted molar refractivity (Wildman–Crippen MR) is 73.9 cm³/mol. The zero-order valence-corrected chi connectivity index (χ0v) is 12.2. The Kier molecular flexibility index (Phi) is 3.37. The van der Waals surface area contributed by atoms with Crippen molar-refractivity contribution < 1.29 is 14.0 Å². The molecule has 3 rings (SSSR count). The van der Waals surface area contributed by atoms with E-state index < -0.39 is 5.82 Å². The molecule has 0 bridgehead atoms. The molecule has 0 spiro atoms. The molecule has 2 saturated heterocycles. The molecule has 1 unspecified atom stereocenters. The topological polar surface area (TPSA) is 52.7 Å². The Balaban J connectivity index is 1.79. The van der Waals surface area contributed by atoms with Crippen LogP contribution in [-0.4, -0.2) is 54.0 Å². The predicted octanol–water partition coefficient (Wildman–Crippen LogP) is 1.44. The van der Waals surface area contributed by atoms with Gasteiger partial charge in [-0.2, -0.15) is 0 Å². The van der Waals surface area contributed by atoms with Crippen molar-refractivity contribution in [2.75, 3.05) is 26.2 Å². The van der Waals surface area contributed by atoms with Crippen LogP contribution in [0.25, 0.3) is 0 Å². The van der Waals surface area contributed by atoms with Crippen LogP contribution in [0.15, 0.2) is 22.7 Å². The summed E-state index contributed by atoms with van der Waals surface area (Å²) >= 11 is 3.08. The number of benzene rings is 1. The molecule has 0 aromatic heterocycles. The SMILES string of the molecule is O=C(c1cccc(Br)c1F)N1CCN2C(=O)NCC2C1. The number of hydrogen-bond acceptors (Lipinski definition) is 2. The molecule has 0 radical (unpaired) electrons. The Labute approximate surface area is 123 Å². The number of rotatable bonds is 1. The number of fused-ring (bicyclic) bond motifs is 1. The first-order valence-corrected chi connectivity index (χ1v) is 7.15. The summed E-state index contributed by atoms with van der Waals surface area (Å²) < 4.78 is 14.2. The lowest BCUT2D eigenvalue weighted by Crippen LogP contribution is -2.53. The first-order chi connectivity index (χ1) is 9.58. The van der Waals surface area contributed by atoms with Gasteiger partial charge < -0.3 is 15.1 Å². The fraction of sp³-hybridized carbons (Fsp3) is 0.385. The third-order valence-electron chi connectivity index (χ3n) is 3.70. The number of nitrogens with zero attached hydrogens (tertiary/aromatic N) is 2. The number of amides is 3. The van der Waals surface area contributed by atoms with Gasteiger partial charge in [-0.3, -0.25) is 4.79 Å². The molecule has 3 amide bonds. The minimum Gasteiger partial charge on any atom is -0.336 e. The number of nitrogens with one attached hydrogen (secondary N) is 1. The number of carbonyl (C=O) groups is 2. The molecule has 0 saturated carbocycles. The lowest BCUT2D eigenvalue weighted by molar-refractivity contribution is 0.0612. The van der Waals surface area contributed by atoms with Crippen LogP contribution < -0.4 is 5.32 Å². The minimum atomic E-state index is -0.541. The van der Waals surface area contributed by atoms with Crippen LogP contribution >= 0.6 is 15.9 Å². The lowest BCUT2D eigenvalue weighted by atomic mass is 10.1. The molecule has 1 aromatic rings. The molecule has 1 aromatic carbocycles. The summed E-state index contributed by atoms with van der Waals surface area (Å²) in [5.74, 6) is -0.872. The lowest BCUT2D eigenvalue weighted by Gasteiger charge is -2.36. The van der Waals surface area contributed by atoms with Gasteiger partial charge >= 0.3 is 6.03 Å². The Bertz CT molecular complexity index is 581. The van der Waals surface area contributed by atoms with Gasteiger partial charge in [0.05, 0.1) is 16.1 Å². The van der Waals surface area contributed by atoms with Crippen molar-refractivity contribution in [2.24, 2.45) is 0 Å². The van der Waals surface area contributed by atoms with Gasteiger partial charge in [0, 0.05) is 26.2 Å². The van der Waals surface area contributed by atoms with Crippen LogP contribution in [0.5, 0.6) is 0 Å². The van der Waals surface area contributed by atoms with Crippen LogP contribution in [0.3, 0.4) is 0 Å². The van der Waals surface area contributed by atoms with Crippen molar-refractivity contribution in [1.29, 1.82) is 0 Å². The van der Waals surface area contributed by atoms with E-state index in [1.54, 1.807) is 21.9 Å². The highest BCUT2D eigenvalue weighted by Crippen LogP contribution is 2.22. The highest BCUT2D eigenvalue weighted by molar-refractivity contribution is 9.10. The van der Waals surface area contributed by atoms with Gasteiger partial charge in [-0.1, -0.05) is 6.07 Å². The molecule has 20 heavy (non-hydrogen) atoms. The molecule has 2 fully saturated rings. The first-order valence-electron chi connectivity index (χ1n) is 6.35. The molecule has 106 valence electrons. The van der Waals surface area contributed by atoms with E-state index in [0.29, 0.717) is 26.2 Å². The summed E-state index contributed by atoms with van der Waals surface area (Å²) in [6.45, 7) is 1.87. The number of piperazine rings is 1. The minimum absolute atomic E-state index is 0.0181. The zero-order chi connectivity index (χ0) is 14.3. The molecule has 7 heteroatoms. The molecule has 0 aliphatic carbocycles. The quantitative estimate of drug-likeness (QED) is 0.840. The summed E-state index contributed by atoms with van der Waals surface area (Å²) in [4.78, 5) is 27.2. The second-order valence-electron chi connectivity index (χ2n) is 4.89. The fourth-order valence-corrected chi connectivity index (χ4v) is 2.99. The highest BCUT2D eigenvalue weighted by atomic mass is 79.9. The first kappa shape index (κ1) is 13.4. The van der Waals surface area contributed by atoms with E-state index in [2.05, 4.69) is 21.2 Å². The Hall–Kier alpha value is -1.63. The van der Waals surface area contributed by atoms with E-state index in [1.807, 2.05) is 0 Å². The maximum absolute atomic E-state index is 14.0. The van der Waals surface area contributed by atoms with Crippen molar-refractivity contribution in [1.82, 2.24) is 15.1 Å². The third-order valence-corrected chi connectivity index (χ3v) is 4.31. The molecule has 2 aliphatic heterocycles. The van der Waals surface area contributed by atoms with Gasteiger partial charge in [-0.15, -0.1) is 0 Å². The second kappa shape index (κ2) is 5.05. The Morgan fingerprint density at radius 2 is 2.20 bits per heavy atom. The Morgan fingerprint density at radius 3 is 3.00 bits per heavy atom. The standard InChI is InChI=1S/C13H13BrFN3O2/c14-10-3-1-2-9(11(10)15)12(19)17-4-5-18-8(7-17)6-16-13(18)20/h1-3,8H,4-7H2,(H,16,20). The van der Waals surface area contributed by atoms with Crippen LogP contribution in [0.4, 0.5) is 9.18 Å². The summed E-state index contributed by atoms with van der Waals surface area (Å²) in [6.07, 6.45) is 0. The number of urea groups is 1. The van der Waals surface area contributed by atoms with Crippen LogP contribution in [0, 0.1) is 5.82 Å². The van der Waals surface area contributed by atoms with Gasteiger partial charge in [-0.25, -0.2) is 9.18 Å². The summed E-state index contributed by atoms with van der Waals surface area (Å²) in [6, 6.07) is 4.57. The zero-order valence-electron chi connectivity index (χ0n) is 10.6. The summed E-state index contributed by atoms with van der Waals surface area (Å²) in [5, 5.41) is 2.75. The van der Waals surface area contributed by atoms with E-state index in [-0.39, 0.29) is 28.0 Å². The van der Waals surface area contributed by atoms with Crippen LogP contribution in [0.2, 0.25) is 0 Å². The smallest absolute Gasteiger partial charge is 0.317 e. The average Bonchev–Trinajstić information content (AvgIpc) is 2.82. The molecule has 2 heterocycles. The van der Waals surface area contributed by atoms with E-state index in [1.165, 1.54) is 6.07 Å². The largest absolute Gasteiger partial charge is 0.336 e. The average molecular weight is 342 g/mol. The number of hydrogen-bond donors (Lipinski definition) is 1. The summed E-state index contributed by atoms with van der Waals surface area (Å²) in [5.41, 5.74) is 0.0603. The molecule has 1 N–H and O–H groups in total. The van der Waals surface area contributed by atoms with E-state index in [4.69, 9.17) is 0 Å². The normalized spacial score (nSPS) is 21.7. The monoisotopic (exact) mass is 341 g/mol. The Morgan fingerprint density at radius 1 is 1.40 bits per heavy atom. The van der Waals surface area contributed by atoms with Crippen molar-refractivity contribution >= 4 is 27.9 Å². The highest BCUT2D eigenvalue weighted by Gasteiger charge is 2.37. The molecule has 5 nitrogen and oxygen atoms in total. The van der Waals surface area contributed by atoms with Crippen molar-refractivity contribution in [3.05, 3.63) is 34.1 Å². The fourth-order valence-electron chi connectivity index (χ4n) is 2.63.